The molecule has 1 saturated heterocycles. The van der Waals surface area contributed by atoms with Crippen LogP contribution >= 0.6 is 0 Å². The molecular weight excluding hydrogens is 262 g/mol. The van der Waals surface area contributed by atoms with E-state index in [0.29, 0.717) is 6.54 Å². The third-order valence-electron chi connectivity index (χ3n) is 4.63. The molecule has 4 heteroatoms. The number of hydrogen-bond donors (Lipinski definition) is 1. The molecule has 1 aliphatic heterocycles. The normalized spacial score (nSPS) is 17.8. The van der Waals surface area contributed by atoms with E-state index in [9.17, 15) is 4.79 Å². The fraction of sp³-hybridized carbons (Fsp3) is 0.588. The number of nitrogens with zero attached hydrogens (tertiary/aromatic N) is 2. The average Bonchev–Trinajstić information content (AvgIpc) is 2.49. The van der Waals surface area contributed by atoms with E-state index in [-0.39, 0.29) is 11.8 Å². The van der Waals surface area contributed by atoms with Crippen molar-refractivity contribution in [2.45, 2.75) is 20.3 Å². The number of rotatable bonds is 4. The number of aryl methyl sites for hydroxylation is 1. The quantitative estimate of drug-likeness (QED) is 0.906. The van der Waals surface area contributed by atoms with Crippen LogP contribution in [-0.4, -0.2) is 55.5 Å². The van der Waals surface area contributed by atoms with Crippen molar-refractivity contribution in [3.05, 3.63) is 34.9 Å². The lowest BCUT2D eigenvalue weighted by molar-refractivity contribution is -0.136. The Hall–Kier alpha value is -1.39. The van der Waals surface area contributed by atoms with Gasteiger partial charge in [-0.2, -0.15) is 0 Å². The van der Waals surface area contributed by atoms with Gasteiger partial charge in [0.25, 0.3) is 0 Å². The summed E-state index contributed by atoms with van der Waals surface area (Å²) in [5.74, 6) is 0.111. The maximum atomic E-state index is 12.7. The largest absolute Gasteiger partial charge is 0.340 e. The fourth-order valence-electron chi connectivity index (χ4n) is 2.85. The van der Waals surface area contributed by atoms with E-state index in [2.05, 4.69) is 44.0 Å². The summed E-state index contributed by atoms with van der Waals surface area (Å²) in [6, 6.07) is 6.28. The van der Waals surface area contributed by atoms with Crippen molar-refractivity contribution in [2.75, 3.05) is 39.8 Å². The summed E-state index contributed by atoms with van der Waals surface area (Å²) in [4.78, 5) is 16.9. The Morgan fingerprint density at radius 3 is 2.52 bits per heavy atom. The summed E-state index contributed by atoms with van der Waals surface area (Å²) in [5.41, 5.74) is 9.68. The van der Waals surface area contributed by atoms with Crippen molar-refractivity contribution in [2.24, 2.45) is 11.7 Å². The van der Waals surface area contributed by atoms with Gasteiger partial charge in [-0.05, 0) is 44.0 Å². The summed E-state index contributed by atoms with van der Waals surface area (Å²) < 4.78 is 0. The average molecular weight is 289 g/mol. The Bertz CT molecular complexity index is 493. The predicted octanol–water partition coefficient (Wildman–Crippen LogP) is 1.19. The van der Waals surface area contributed by atoms with Gasteiger partial charge < -0.3 is 15.5 Å². The summed E-state index contributed by atoms with van der Waals surface area (Å²) in [6.45, 7) is 8.19. The number of piperazine rings is 1. The second-order valence-corrected chi connectivity index (χ2v) is 6.12. The highest BCUT2D eigenvalue weighted by atomic mass is 16.2. The number of hydrogen-bond acceptors (Lipinski definition) is 3. The predicted molar refractivity (Wildman–Crippen MR) is 86.2 cm³/mol. The highest BCUT2D eigenvalue weighted by Gasteiger charge is 2.26. The van der Waals surface area contributed by atoms with Crippen molar-refractivity contribution < 1.29 is 4.79 Å². The van der Waals surface area contributed by atoms with Crippen LogP contribution < -0.4 is 5.73 Å². The molecule has 1 aliphatic rings. The van der Waals surface area contributed by atoms with Crippen molar-refractivity contribution in [3.8, 4) is 0 Å². The topological polar surface area (TPSA) is 49.6 Å². The van der Waals surface area contributed by atoms with Crippen LogP contribution in [0.15, 0.2) is 18.2 Å². The van der Waals surface area contributed by atoms with Crippen LogP contribution in [-0.2, 0) is 11.2 Å². The molecule has 0 spiro atoms. The van der Waals surface area contributed by atoms with Crippen LogP contribution in [0.1, 0.15) is 16.7 Å². The Balaban J connectivity index is 2.05. The van der Waals surface area contributed by atoms with E-state index in [1.807, 2.05) is 4.90 Å². The van der Waals surface area contributed by atoms with Gasteiger partial charge in [-0.25, -0.2) is 0 Å². The number of carbonyl (C=O) groups is 1. The maximum Gasteiger partial charge on any atom is 0.227 e. The molecule has 0 radical (unpaired) electrons. The smallest absolute Gasteiger partial charge is 0.227 e. The highest BCUT2D eigenvalue weighted by Crippen LogP contribution is 2.18. The Morgan fingerprint density at radius 2 is 1.90 bits per heavy atom. The minimum atomic E-state index is -0.103. The molecule has 1 atom stereocenters. The van der Waals surface area contributed by atoms with Crippen molar-refractivity contribution in [1.29, 1.82) is 0 Å². The van der Waals surface area contributed by atoms with Gasteiger partial charge in [0.2, 0.25) is 5.91 Å². The summed E-state index contributed by atoms with van der Waals surface area (Å²) in [5, 5.41) is 0. The van der Waals surface area contributed by atoms with E-state index in [0.717, 1.165) is 32.6 Å². The zero-order chi connectivity index (χ0) is 15.4. The van der Waals surface area contributed by atoms with Crippen LogP contribution in [0.3, 0.4) is 0 Å². The Labute approximate surface area is 127 Å². The molecule has 2 N–H and O–H groups in total. The van der Waals surface area contributed by atoms with Gasteiger partial charge in [-0.3, -0.25) is 4.79 Å². The zero-order valence-corrected chi connectivity index (χ0v) is 13.4. The van der Waals surface area contributed by atoms with Crippen molar-refractivity contribution >= 4 is 5.91 Å². The Morgan fingerprint density at radius 1 is 1.24 bits per heavy atom. The lowest BCUT2D eigenvalue weighted by Gasteiger charge is -2.34. The van der Waals surface area contributed by atoms with Gasteiger partial charge in [0, 0.05) is 32.7 Å². The molecule has 1 heterocycles. The lowest BCUT2D eigenvalue weighted by atomic mass is 9.93. The molecule has 1 amide bonds. The second kappa shape index (κ2) is 7.05. The highest BCUT2D eigenvalue weighted by molar-refractivity contribution is 5.79. The second-order valence-electron chi connectivity index (χ2n) is 6.12. The lowest BCUT2D eigenvalue weighted by Crippen LogP contribution is -2.50. The molecule has 116 valence electrons. The van der Waals surface area contributed by atoms with Crippen LogP contribution in [0.5, 0.6) is 0 Å². The first kappa shape index (κ1) is 16.0. The molecule has 1 unspecified atom stereocenters. The summed E-state index contributed by atoms with van der Waals surface area (Å²) in [6.07, 6.45) is 0.745. The molecule has 4 nitrogen and oxygen atoms in total. The van der Waals surface area contributed by atoms with E-state index in [1.54, 1.807) is 0 Å². The first-order valence-electron chi connectivity index (χ1n) is 7.75. The first-order valence-corrected chi connectivity index (χ1v) is 7.75. The molecule has 0 saturated carbocycles. The monoisotopic (exact) mass is 289 g/mol. The van der Waals surface area contributed by atoms with Crippen LogP contribution in [0, 0.1) is 19.8 Å². The Kier molecular flexibility index (Phi) is 5.37. The van der Waals surface area contributed by atoms with Crippen LogP contribution in [0.2, 0.25) is 0 Å². The van der Waals surface area contributed by atoms with Crippen LogP contribution in [0.4, 0.5) is 0 Å². The maximum absolute atomic E-state index is 12.7. The molecule has 2 rings (SSSR count). The molecule has 0 aliphatic carbocycles. The van der Waals surface area contributed by atoms with E-state index >= 15 is 0 Å². The molecule has 0 aromatic heterocycles. The van der Waals surface area contributed by atoms with E-state index < -0.39 is 0 Å². The third kappa shape index (κ3) is 3.83. The van der Waals surface area contributed by atoms with Gasteiger partial charge >= 0.3 is 0 Å². The fourth-order valence-corrected chi connectivity index (χ4v) is 2.85. The third-order valence-corrected chi connectivity index (χ3v) is 4.63. The standard InChI is InChI=1S/C17H27N3O/c1-13-5-4-6-15(14(13)2)11-16(12-18)17(21)20-9-7-19(3)8-10-20/h4-6,16H,7-12,18H2,1-3H3. The molecular formula is C17H27N3O. The van der Waals surface area contributed by atoms with Crippen LogP contribution in [0.25, 0.3) is 0 Å². The SMILES string of the molecule is Cc1cccc(CC(CN)C(=O)N2CCN(C)CC2)c1C. The summed E-state index contributed by atoms with van der Waals surface area (Å²) >= 11 is 0. The van der Waals surface area contributed by atoms with Crippen molar-refractivity contribution in [1.82, 2.24) is 9.80 Å². The van der Waals surface area contributed by atoms with Crippen molar-refractivity contribution in [3.63, 3.8) is 0 Å². The van der Waals surface area contributed by atoms with E-state index in [4.69, 9.17) is 5.73 Å². The number of nitrogens with two attached hydrogens (primary N) is 1. The molecule has 1 aromatic carbocycles. The zero-order valence-electron chi connectivity index (χ0n) is 13.4. The van der Waals surface area contributed by atoms with E-state index in [1.165, 1.54) is 16.7 Å². The molecule has 0 bridgehead atoms. The van der Waals surface area contributed by atoms with Gasteiger partial charge in [0.15, 0.2) is 0 Å². The minimum absolute atomic E-state index is 0.103. The number of amides is 1. The molecule has 21 heavy (non-hydrogen) atoms. The number of benzene rings is 1. The first-order chi connectivity index (χ1) is 10.0. The molecule has 1 aromatic rings. The summed E-state index contributed by atoms with van der Waals surface area (Å²) in [7, 11) is 2.10. The van der Waals surface area contributed by atoms with Gasteiger partial charge in [-0.1, -0.05) is 18.2 Å². The van der Waals surface area contributed by atoms with Gasteiger partial charge in [0.05, 0.1) is 5.92 Å². The minimum Gasteiger partial charge on any atom is -0.340 e. The number of likely N-dealkylation sites (N-methyl/N-ethyl adjacent to an activating group) is 1. The van der Waals surface area contributed by atoms with Gasteiger partial charge in [0.1, 0.15) is 0 Å². The molecule has 1 fully saturated rings. The number of carbonyl (C=O) groups excluding carboxylic acids is 1. The van der Waals surface area contributed by atoms with Gasteiger partial charge in [-0.15, -0.1) is 0 Å².